The standard InChI is InChI=1S/C24H42N6O5/c1-7-13(4)18(28-21(31)17(25)10-16-11-26-12-27-16)22(32)29-19(14(5)8-2)23(33)30-20(24(34)35)15(6)9-3/h11-15,17-20H,7-10,25H2,1-6H3,(H,26,27)(H,28,31)(H,29,32)(H,30,33)(H,34,35). The lowest BCUT2D eigenvalue weighted by molar-refractivity contribution is -0.144. The minimum Gasteiger partial charge on any atom is -0.480 e. The molecule has 0 spiro atoms. The highest BCUT2D eigenvalue weighted by atomic mass is 16.4. The van der Waals surface area contributed by atoms with Crippen molar-refractivity contribution in [1.29, 1.82) is 0 Å². The number of aromatic nitrogens is 2. The molecule has 3 amide bonds. The summed E-state index contributed by atoms with van der Waals surface area (Å²) < 4.78 is 0. The highest BCUT2D eigenvalue weighted by Gasteiger charge is 2.35. The van der Waals surface area contributed by atoms with Gasteiger partial charge >= 0.3 is 5.97 Å². The van der Waals surface area contributed by atoms with Gasteiger partial charge in [0.15, 0.2) is 0 Å². The molecular formula is C24H42N6O5. The van der Waals surface area contributed by atoms with E-state index in [0.717, 1.165) is 0 Å². The Morgan fingerprint density at radius 1 is 0.857 bits per heavy atom. The number of carbonyl (C=O) groups excluding carboxylic acids is 3. The molecule has 0 saturated carbocycles. The molecule has 11 nitrogen and oxygen atoms in total. The molecule has 35 heavy (non-hydrogen) atoms. The molecule has 0 radical (unpaired) electrons. The van der Waals surface area contributed by atoms with Crippen LogP contribution in [0.2, 0.25) is 0 Å². The quantitative estimate of drug-likeness (QED) is 0.210. The van der Waals surface area contributed by atoms with Gasteiger partial charge in [-0.1, -0.05) is 60.8 Å². The largest absolute Gasteiger partial charge is 0.480 e. The van der Waals surface area contributed by atoms with Gasteiger partial charge < -0.3 is 31.8 Å². The monoisotopic (exact) mass is 494 g/mol. The minimum absolute atomic E-state index is 0.227. The van der Waals surface area contributed by atoms with Crippen molar-refractivity contribution in [3.63, 3.8) is 0 Å². The Morgan fingerprint density at radius 2 is 1.29 bits per heavy atom. The molecule has 7 unspecified atom stereocenters. The first kappa shape index (κ1) is 30.1. The lowest BCUT2D eigenvalue weighted by Crippen LogP contribution is -2.60. The number of hydrogen-bond acceptors (Lipinski definition) is 6. The Kier molecular flexibility index (Phi) is 12.4. The summed E-state index contributed by atoms with van der Waals surface area (Å²) in [6.45, 7) is 11.0. The average molecular weight is 495 g/mol. The number of nitrogens with zero attached hydrogens (tertiary/aromatic N) is 1. The molecule has 1 heterocycles. The van der Waals surface area contributed by atoms with E-state index in [0.29, 0.717) is 25.0 Å². The molecule has 0 saturated heterocycles. The highest BCUT2D eigenvalue weighted by Crippen LogP contribution is 2.14. The number of nitrogens with one attached hydrogen (secondary N) is 4. The third-order valence-electron chi connectivity index (χ3n) is 6.69. The number of hydrogen-bond donors (Lipinski definition) is 6. The maximum atomic E-state index is 13.3. The molecule has 0 bridgehead atoms. The van der Waals surface area contributed by atoms with Gasteiger partial charge in [-0.25, -0.2) is 9.78 Å². The first-order valence-corrected chi connectivity index (χ1v) is 12.3. The number of rotatable bonds is 15. The molecule has 1 aromatic heterocycles. The first-order chi connectivity index (χ1) is 16.5. The average Bonchev–Trinajstić information content (AvgIpc) is 3.34. The minimum atomic E-state index is -1.13. The summed E-state index contributed by atoms with van der Waals surface area (Å²) >= 11 is 0. The zero-order valence-electron chi connectivity index (χ0n) is 21.6. The summed E-state index contributed by atoms with van der Waals surface area (Å²) in [6, 6.07) is -3.83. The van der Waals surface area contributed by atoms with E-state index in [4.69, 9.17) is 5.73 Å². The Balaban J connectivity index is 3.01. The lowest BCUT2D eigenvalue weighted by Gasteiger charge is -2.30. The summed E-state index contributed by atoms with van der Waals surface area (Å²) in [5.41, 5.74) is 6.73. The second-order valence-electron chi connectivity index (χ2n) is 9.34. The van der Waals surface area contributed by atoms with Crippen molar-refractivity contribution in [2.75, 3.05) is 0 Å². The van der Waals surface area contributed by atoms with Crippen LogP contribution in [0, 0.1) is 17.8 Å². The normalized spacial score (nSPS) is 17.2. The van der Waals surface area contributed by atoms with Crippen LogP contribution < -0.4 is 21.7 Å². The van der Waals surface area contributed by atoms with Gasteiger partial charge in [-0.3, -0.25) is 14.4 Å². The van der Waals surface area contributed by atoms with Gasteiger partial charge in [0.1, 0.15) is 18.1 Å². The van der Waals surface area contributed by atoms with E-state index in [2.05, 4.69) is 25.9 Å². The summed E-state index contributed by atoms with van der Waals surface area (Å²) in [6.07, 6.45) is 5.04. The van der Waals surface area contributed by atoms with Crippen LogP contribution in [0.5, 0.6) is 0 Å². The zero-order chi connectivity index (χ0) is 26.7. The topological polar surface area (TPSA) is 179 Å². The summed E-state index contributed by atoms with van der Waals surface area (Å²) in [4.78, 5) is 57.6. The van der Waals surface area contributed by atoms with Crippen LogP contribution in [0.15, 0.2) is 12.5 Å². The fraction of sp³-hybridized carbons (Fsp3) is 0.708. The number of amides is 3. The molecule has 0 fully saturated rings. The van der Waals surface area contributed by atoms with E-state index >= 15 is 0 Å². The number of carboxylic acids is 1. The number of carbonyl (C=O) groups is 4. The number of imidazole rings is 1. The van der Waals surface area contributed by atoms with E-state index in [1.165, 1.54) is 6.33 Å². The van der Waals surface area contributed by atoms with Crippen molar-refractivity contribution >= 4 is 23.7 Å². The maximum absolute atomic E-state index is 13.3. The van der Waals surface area contributed by atoms with E-state index in [1.54, 1.807) is 20.0 Å². The summed E-state index contributed by atoms with van der Waals surface area (Å²) in [5, 5.41) is 17.6. The molecule has 198 valence electrons. The van der Waals surface area contributed by atoms with Crippen LogP contribution in [-0.2, 0) is 25.6 Å². The smallest absolute Gasteiger partial charge is 0.326 e. The molecule has 7 atom stereocenters. The summed E-state index contributed by atoms with van der Waals surface area (Å²) in [7, 11) is 0. The Labute approximate surface area is 207 Å². The first-order valence-electron chi connectivity index (χ1n) is 12.3. The third kappa shape index (κ3) is 8.97. The molecule has 1 rings (SSSR count). The number of carboxylic acid groups (broad SMARTS) is 1. The second kappa shape index (κ2) is 14.4. The Morgan fingerprint density at radius 3 is 1.69 bits per heavy atom. The predicted octanol–water partition coefficient (Wildman–Crippen LogP) is 0.957. The van der Waals surface area contributed by atoms with Gasteiger partial charge in [0.05, 0.1) is 12.4 Å². The van der Waals surface area contributed by atoms with Gasteiger partial charge in [0, 0.05) is 18.3 Å². The maximum Gasteiger partial charge on any atom is 0.326 e. The predicted molar refractivity (Wildman–Crippen MR) is 132 cm³/mol. The Hall–Kier alpha value is -2.95. The molecule has 0 aliphatic rings. The molecule has 1 aromatic rings. The number of H-pyrrole nitrogens is 1. The fourth-order valence-electron chi connectivity index (χ4n) is 3.56. The van der Waals surface area contributed by atoms with E-state index in [1.807, 2.05) is 27.7 Å². The van der Waals surface area contributed by atoms with Crippen molar-refractivity contribution in [3.8, 4) is 0 Å². The molecule has 0 aromatic carbocycles. The van der Waals surface area contributed by atoms with Gasteiger partial charge in [0.2, 0.25) is 17.7 Å². The van der Waals surface area contributed by atoms with Crippen LogP contribution in [0.3, 0.4) is 0 Å². The Bertz CT molecular complexity index is 830. The molecule has 0 aliphatic heterocycles. The number of aromatic amines is 1. The van der Waals surface area contributed by atoms with Crippen LogP contribution in [0.25, 0.3) is 0 Å². The molecule has 7 N–H and O–H groups in total. The molecule has 0 aliphatic carbocycles. The van der Waals surface area contributed by atoms with Gasteiger partial charge in [-0.15, -0.1) is 0 Å². The summed E-state index contributed by atoms with van der Waals surface area (Å²) in [5.74, 6) is -3.48. The van der Waals surface area contributed by atoms with E-state index in [9.17, 15) is 24.3 Å². The van der Waals surface area contributed by atoms with Crippen molar-refractivity contribution in [2.45, 2.75) is 91.4 Å². The fourth-order valence-corrected chi connectivity index (χ4v) is 3.56. The molecular weight excluding hydrogens is 452 g/mol. The van der Waals surface area contributed by atoms with Crippen molar-refractivity contribution < 1.29 is 24.3 Å². The van der Waals surface area contributed by atoms with Gasteiger partial charge in [0.25, 0.3) is 0 Å². The SMILES string of the molecule is CCC(C)C(NC(=O)C(NC(=O)C(NC(=O)C(N)Cc1cnc[nH]1)C(C)CC)C(C)CC)C(=O)O. The molecule has 11 heteroatoms. The lowest BCUT2D eigenvalue weighted by atomic mass is 9.93. The van der Waals surface area contributed by atoms with Crippen molar-refractivity contribution in [3.05, 3.63) is 18.2 Å². The van der Waals surface area contributed by atoms with Crippen LogP contribution in [0.1, 0.15) is 66.5 Å². The van der Waals surface area contributed by atoms with Crippen LogP contribution >= 0.6 is 0 Å². The second-order valence-corrected chi connectivity index (χ2v) is 9.34. The van der Waals surface area contributed by atoms with Crippen LogP contribution in [0.4, 0.5) is 0 Å². The van der Waals surface area contributed by atoms with E-state index in [-0.39, 0.29) is 24.2 Å². The highest BCUT2D eigenvalue weighted by molar-refractivity contribution is 5.94. The zero-order valence-corrected chi connectivity index (χ0v) is 21.6. The van der Waals surface area contributed by atoms with Crippen molar-refractivity contribution in [2.24, 2.45) is 23.5 Å². The van der Waals surface area contributed by atoms with Gasteiger partial charge in [-0.05, 0) is 17.8 Å². The van der Waals surface area contributed by atoms with E-state index < -0.39 is 47.9 Å². The number of nitrogens with two attached hydrogens (primary N) is 1. The van der Waals surface area contributed by atoms with Crippen LogP contribution in [-0.4, -0.2) is 62.9 Å². The number of aliphatic carboxylic acids is 1. The van der Waals surface area contributed by atoms with Gasteiger partial charge in [-0.2, -0.15) is 0 Å². The third-order valence-corrected chi connectivity index (χ3v) is 6.69. The van der Waals surface area contributed by atoms with Crippen molar-refractivity contribution in [1.82, 2.24) is 25.9 Å².